The number of methoxy groups -OCH3 is 1. The van der Waals surface area contributed by atoms with Crippen molar-refractivity contribution < 1.29 is 4.74 Å². The van der Waals surface area contributed by atoms with Gasteiger partial charge in [0, 0.05) is 17.1 Å². The molecule has 84 valence electrons. The van der Waals surface area contributed by atoms with Gasteiger partial charge in [-0.05, 0) is 18.2 Å². The van der Waals surface area contributed by atoms with E-state index in [0.29, 0.717) is 17.4 Å². The van der Waals surface area contributed by atoms with E-state index >= 15 is 0 Å². The minimum atomic E-state index is 0.393. The quantitative estimate of drug-likeness (QED) is 0.888. The first-order valence-electron chi connectivity index (χ1n) is 4.83. The highest BCUT2D eigenvalue weighted by atomic mass is 35.5. The van der Waals surface area contributed by atoms with E-state index in [4.69, 9.17) is 22.1 Å². The first-order chi connectivity index (χ1) is 7.76. The molecule has 1 aromatic carbocycles. The van der Waals surface area contributed by atoms with Crippen molar-refractivity contribution >= 4 is 11.6 Å². The molecule has 0 fully saturated rings. The lowest BCUT2D eigenvalue weighted by molar-refractivity contribution is 0.379. The molecule has 5 heteroatoms. The molecular weight excluding hydrogens is 226 g/mol. The lowest BCUT2D eigenvalue weighted by atomic mass is 10.3. The SMILES string of the molecule is COc1c(CN)cnn1-c1cccc(Cl)c1. The number of benzene rings is 1. The molecule has 0 bridgehead atoms. The van der Waals surface area contributed by atoms with Crippen LogP contribution in [-0.4, -0.2) is 16.9 Å². The topological polar surface area (TPSA) is 53.1 Å². The van der Waals surface area contributed by atoms with Crippen molar-refractivity contribution in [2.45, 2.75) is 6.54 Å². The van der Waals surface area contributed by atoms with Gasteiger partial charge in [0.05, 0.1) is 19.0 Å². The van der Waals surface area contributed by atoms with E-state index in [0.717, 1.165) is 11.3 Å². The highest BCUT2D eigenvalue weighted by Crippen LogP contribution is 2.23. The fourth-order valence-corrected chi connectivity index (χ4v) is 1.71. The third-order valence-corrected chi connectivity index (χ3v) is 2.50. The number of hydrogen-bond acceptors (Lipinski definition) is 3. The van der Waals surface area contributed by atoms with Gasteiger partial charge >= 0.3 is 0 Å². The first-order valence-corrected chi connectivity index (χ1v) is 5.21. The lowest BCUT2D eigenvalue weighted by Gasteiger charge is -2.07. The Hall–Kier alpha value is -1.52. The summed E-state index contributed by atoms with van der Waals surface area (Å²) in [5.74, 6) is 0.643. The summed E-state index contributed by atoms with van der Waals surface area (Å²) in [6.07, 6.45) is 1.69. The van der Waals surface area contributed by atoms with Crippen LogP contribution in [0.25, 0.3) is 5.69 Å². The number of rotatable bonds is 3. The summed E-state index contributed by atoms with van der Waals surface area (Å²) in [7, 11) is 1.59. The molecule has 0 spiro atoms. The van der Waals surface area contributed by atoms with Crippen LogP contribution in [0.5, 0.6) is 5.88 Å². The zero-order valence-corrected chi connectivity index (χ0v) is 9.61. The number of aromatic nitrogens is 2. The number of nitrogens with two attached hydrogens (primary N) is 1. The van der Waals surface area contributed by atoms with Crippen LogP contribution in [0.4, 0.5) is 0 Å². The van der Waals surface area contributed by atoms with Crippen molar-refractivity contribution in [2.75, 3.05) is 7.11 Å². The van der Waals surface area contributed by atoms with Gasteiger partial charge in [-0.2, -0.15) is 5.10 Å². The molecule has 2 rings (SSSR count). The Morgan fingerprint density at radius 1 is 1.50 bits per heavy atom. The van der Waals surface area contributed by atoms with E-state index in [1.165, 1.54) is 0 Å². The zero-order chi connectivity index (χ0) is 11.5. The summed E-state index contributed by atoms with van der Waals surface area (Å²) in [6, 6.07) is 7.39. The minimum Gasteiger partial charge on any atom is -0.481 e. The van der Waals surface area contributed by atoms with E-state index in [2.05, 4.69) is 5.10 Å². The summed E-state index contributed by atoms with van der Waals surface area (Å²) in [6.45, 7) is 0.393. The van der Waals surface area contributed by atoms with E-state index in [1.807, 2.05) is 24.3 Å². The summed E-state index contributed by atoms with van der Waals surface area (Å²) in [5, 5.41) is 4.88. The Balaban J connectivity index is 2.51. The molecule has 1 aromatic heterocycles. The molecule has 0 amide bonds. The van der Waals surface area contributed by atoms with Crippen LogP contribution in [0, 0.1) is 0 Å². The molecule has 0 saturated heterocycles. The lowest BCUT2D eigenvalue weighted by Crippen LogP contribution is -2.02. The second-order valence-corrected chi connectivity index (χ2v) is 3.71. The van der Waals surface area contributed by atoms with Crippen LogP contribution in [0.15, 0.2) is 30.5 Å². The molecule has 0 aliphatic rings. The molecule has 0 saturated carbocycles. The number of nitrogens with zero attached hydrogens (tertiary/aromatic N) is 2. The number of ether oxygens (including phenoxy) is 1. The smallest absolute Gasteiger partial charge is 0.220 e. The first kappa shape index (κ1) is 11.0. The Bertz CT molecular complexity index is 496. The van der Waals surface area contributed by atoms with Crippen molar-refractivity contribution in [3.63, 3.8) is 0 Å². The number of halogens is 1. The molecule has 0 aliphatic heterocycles. The normalized spacial score (nSPS) is 10.4. The van der Waals surface area contributed by atoms with Crippen molar-refractivity contribution in [3.05, 3.63) is 41.0 Å². The molecule has 0 aliphatic carbocycles. The molecule has 4 nitrogen and oxygen atoms in total. The average Bonchev–Trinajstić information content (AvgIpc) is 2.71. The van der Waals surface area contributed by atoms with Gasteiger partial charge in [0.15, 0.2) is 0 Å². The highest BCUT2D eigenvalue weighted by molar-refractivity contribution is 6.30. The summed E-state index contributed by atoms with van der Waals surface area (Å²) in [5.41, 5.74) is 7.30. The van der Waals surface area contributed by atoms with Crippen LogP contribution in [0.1, 0.15) is 5.56 Å². The van der Waals surface area contributed by atoms with Crippen LogP contribution in [-0.2, 0) is 6.54 Å². The van der Waals surface area contributed by atoms with Gasteiger partial charge in [0.1, 0.15) is 0 Å². The third-order valence-electron chi connectivity index (χ3n) is 2.26. The molecule has 0 unspecified atom stereocenters. The average molecular weight is 238 g/mol. The second kappa shape index (κ2) is 4.55. The zero-order valence-electron chi connectivity index (χ0n) is 8.85. The van der Waals surface area contributed by atoms with Crippen LogP contribution >= 0.6 is 11.6 Å². The van der Waals surface area contributed by atoms with Crippen molar-refractivity contribution in [2.24, 2.45) is 5.73 Å². The predicted octanol–water partition coefficient (Wildman–Crippen LogP) is 1.99. The van der Waals surface area contributed by atoms with Gasteiger partial charge in [-0.1, -0.05) is 17.7 Å². The van der Waals surface area contributed by atoms with Gasteiger partial charge < -0.3 is 10.5 Å². The largest absolute Gasteiger partial charge is 0.481 e. The fourth-order valence-electron chi connectivity index (χ4n) is 1.52. The van der Waals surface area contributed by atoms with Gasteiger partial charge in [-0.3, -0.25) is 0 Å². The van der Waals surface area contributed by atoms with Crippen molar-refractivity contribution in [1.29, 1.82) is 0 Å². The summed E-state index contributed by atoms with van der Waals surface area (Å²) >= 11 is 5.92. The Kier molecular flexibility index (Phi) is 3.12. The van der Waals surface area contributed by atoms with Crippen LogP contribution < -0.4 is 10.5 Å². The van der Waals surface area contributed by atoms with Crippen molar-refractivity contribution in [3.8, 4) is 11.6 Å². The van der Waals surface area contributed by atoms with E-state index in [-0.39, 0.29) is 0 Å². The minimum absolute atomic E-state index is 0.393. The fraction of sp³-hybridized carbons (Fsp3) is 0.182. The van der Waals surface area contributed by atoms with Gasteiger partial charge in [-0.25, -0.2) is 4.68 Å². The molecule has 1 heterocycles. The summed E-state index contributed by atoms with van der Waals surface area (Å²) < 4.78 is 6.95. The maximum absolute atomic E-state index is 5.92. The Morgan fingerprint density at radius 2 is 2.31 bits per heavy atom. The maximum Gasteiger partial charge on any atom is 0.220 e. The van der Waals surface area contributed by atoms with Crippen molar-refractivity contribution in [1.82, 2.24) is 9.78 Å². The Labute approximate surface area is 98.6 Å². The standard InChI is InChI=1S/C11H12ClN3O/c1-16-11-8(6-13)7-14-15(11)10-4-2-3-9(12)5-10/h2-5,7H,6,13H2,1H3. The second-order valence-electron chi connectivity index (χ2n) is 3.27. The van der Waals surface area contributed by atoms with Crippen LogP contribution in [0.2, 0.25) is 5.02 Å². The predicted molar refractivity (Wildman–Crippen MR) is 63.0 cm³/mol. The molecule has 0 atom stereocenters. The van der Waals surface area contributed by atoms with Gasteiger partial charge in [-0.15, -0.1) is 0 Å². The van der Waals surface area contributed by atoms with Gasteiger partial charge in [0.2, 0.25) is 5.88 Å². The molecule has 2 N–H and O–H groups in total. The van der Waals surface area contributed by atoms with E-state index in [9.17, 15) is 0 Å². The van der Waals surface area contributed by atoms with Gasteiger partial charge in [0.25, 0.3) is 0 Å². The third kappa shape index (κ3) is 1.89. The van der Waals surface area contributed by atoms with E-state index < -0.39 is 0 Å². The Morgan fingerprint density at radius 3 is 2.94 bits per heavy atom. The molecule has 2 aromatic rings. The highest BCUT2D eigenvalue weighted by Gasteiger charge is 2.11. The van der Waals surface area contributed by atoms with Crippen LogP contribution in [0.3, 0.4) is 0 Å². The monoisotopic (exact) mass is 237 g/mol. The molecule has 0 radical (unpaired) electrons. The molecular formula is C11H12ClN3O. The molecule has 16 heavy (non-hydrogen) atoms. The summed E-state index contributed by atoms with van der Waals surface area (Å²) in [4.78, 5) is 0. The maximum atomic E-state index is 5.92. The number of hydrogen-bond donors (Lipinski definition) is 1. The van der Waals surface area contributed by atoms with E-state index in [1.54, 1.807) is 18.0 Å².